The molecule has 0 unspecified atom stereocenters. The lowest BCUT2D eigenvalue weighted by atomic mass is 9.86. The minimum absolute atomic E-state index is 0.387. The van der Waals surface area contributed by atoms with Crippen molar-refractivity contribution in [2.24, 2.45) is 5.73 Å². The molecule has 3 aromatic rings. The number of imidazole rings is 1. The SMILES string of the molecule is NC1CCC(c2ncc(-c3cc4ccccc4s3)[nH]2)CC1. The van der Waals surface area contributed by atoms with E-state index in [1.807, 2.05) is 17.5 Å². The molecule has 0 bridgehead atoms. The molecule has 4 rings (SSSR count). The van der Waals surface area contributed by atoms with Crippen LogP contribution in [-0.4, -0.2) is 16.0 Å². The van der Waals surface area contributed by atoms with E-state index < -0.39 is 0 Å². The van der Waals surface area contributed by atoms with Crippen molar-refractivity contribution in [2.45, 2.75) is 37.6 Å². The van der Waals surface area contributed by atoms with Crippen LogP contribution < -0.4 is 5.73 Å². The van der Waals surface area contributed by atoms with Crippen LogP contribution in [0.2, 0.25) is 0 Å². The molecule has 1 aliphatic rings. The van der Waals surface area contributed by atoms with E-state index in [1.54, 1.807) is 0 Å². The van der Waals surface area contributed by atoms with Gasteiger partial charge in [0, 0.05) is 16.7 Å². The second kappa shape index (κ2) is 5.28. The van der Waals surface area contributed by atoms with Crippen molar-refractivity contribution in [2.75, 3.05) is 0 Å². The number of hydrogen-bond donors (Lipinski definition) is 2. The van der Waals surface area contributed by atoms with E-state index in [4.69, 9.17) is 5.73 Å². The molecule has 0 saturated heterocycles. The van der Waals surface area contributed by atoms with Crippen LogP contribution >= 0.6 is 11.3 Å². The first kappa shape index (κ1) is 13.0. The van der Waals surface area contributed by atoms with Gasteiger partial charge in [0.15, 0.2) is 0 Å². The topological polar surface area (TPSA) is 54.7 Å². The summed E-state index contributed by atoms with van der Waals surface area (Å²) in [5.74, 6) is 1.68. The van der Waals surface area contributed by atoms with E-state index in [-0.39, 0.29) is 0 Å². The first-order chi connectivity index (χ1) is 10.3. The summed E-state index contributed by atoms with van der Waals surface area (Å²) < 4.78 is 1.33. The summed E-state index contributed by atoms with van der Waals surface area (Å²) in [5.41, 5.74) is 7.13. The number of nitrogens with zero attached hydrogens (tertiary/aromatic N) is 1. The molecule has 2 heterocycles. The zero-order valence-electron chi connectivity index (χ0n) is 11.9. The normalized spacial score (nSPS) is 22.7. The number of aromatic nitrogens is 2. The molecule has 3 N–H and O–H groups in total. The highest BCUT2D eigenvalue weighted by atomic mass is 32.1. The Morgan fingerprint density at radius 3 is 2.76 bits per heavy atom. The van der Waals surface area contributed by atoms with Crippen molar-refractivity contribution in [3.05, 3.63) is 42.4 Å². The third-order valence-electron chi connectivity index (χ3n) is 4.44. The van der Waals surface area contributed by atoms with Gasteiger partial charge in [-0.2, -0.15) is 0 Å². The second-order valence-corrected chi connectivity index (χ2v) is 7.03. The van der Waals surface area contributed by atoms with Gasteiger partial charge in [0.25, 0.3) is 0 Å². The molecule has 0 atom stereocenters. The molecule has 1 aliphatic carbocycles. The van der Waals surface area contributed by atoms with Crippen LogP contribution in [0.4, 0.5) is 0 Å². The Morgan fingerprint density at radius 2 is 1.95 bits per heavy atom. The quantitative estimate of drug-likeness (QED) is 0.742. The maximum absolute atomic E-state index is 5.99. The largest absolute Gasteiger partial charge is 0.341 e. The summed E-state index contributed by atoms with van der Waals surface area (Å²) in [7, 11) is 0. The average Bonchev–Trinajstić information content (AvgIpc) is 3.14. The number of nitrogens with two attached hydrogens (primary N) is 1. The Labute approximate surface area is 128 Å². The standard InChI is InChI=1S/C17H19N3S/c18-13-7-5-11(6-8-13)17-19-10-14(20-17)16-9-12-3-1-2-4-15(12)21-16/h1-4,9-11,13H,5-8,18H2,(H,19,20). The highest BCUT2D eigenvalue weighted by molar-refractivity contribution is 7.22. The maximum Gasteiger partial charge on any atom is 0.109 e. The van der Waals surface area contributed by atoms with Gasteiger partial charge in [-0.05, 0) is 43.2 Å². The van der Waals surface area contributed by atoms with Gasteiger partial charge in [-0.25, -0.2) is 4.98 Å². The molecule has 1 saturated carbocycles. The number of thiophene rings is 1. The fourth-order valence-corrected chi connectivity index (χ4v) is 4.20. The summed E-state index contributed by atoms with van der Waals surface area (Å²) in [4.78, 5) is 9.42. The Morgan fingerprint density at radius 1 is 1.14 bits per heavy atom. The van der Waals surface area contributed by atoms with Crippen molar-refractivity contribution in [3.63, 3.8) is 0 Å². The smallest absolute Gasteiger partial charge is 0.109 e. The summed E-state index contributed by atoms with van der Waals surface area (Å²) in [6, 6.07) is 11.1. The van der Waals surface area contributed by atoms with E-state index in [1.165, 1.54) is 15.0 Å². The Kier molecular flexibility index (Phi) is 3.28. The van der Waals surface area contributed by atoms with Crippen LogP contribution in [-0.2, 0) is 0 Å². The number of nitrogens with one attached hydrogen (secondary N) is 1. The van der Waals surface area contributed by atoms with Gasteiger partial charge in [-0.3, -0.25) is 0 Å². The zero-order chi connectivity index (χ0) is 14.2. The number of aromatic amines is 1. The molecule has 4 heteroatoms. The van der Waals surface area contributed by atoms with E-state index in [2.05, 4.69) is 40.3 Å². The van der Waals surface area contributed by atoms with Gasteiger partial charge in [0.2, 0.25) is 0 Å². The van der Waals surface area contributed by atoms with Crippen LogP contribution in [0.15, 0.2) is 36.5 Å². The first-order valence-corrected chi connectivity index (χ1v) is 8.40. The van der Waals surface area contributed by atoms with Crippen LogP contribution in [0.5, 0.6) is 0 Å². The lowest BCUT2D eigenvalue weighted by molar-refractivity contribution is 0.386. The van der Waals surface area contributed by atoms with E-state index in [0.717, 1.165) is 37.2 Å². The van der Waals surface area contributed by atoms with Gasteiger partial charge < -0.3 is 10.7 Å². The Bertz CT molecular complexity index is 717. The van der Waals surface area contributed by atoms with E-state index >= 15 is 0 Å². The predicted octanol–water partition coefficient (Wildman–Crippen LogP) is 4.28. The molecular weight excluding hydrogens is 278 g/mol. The minimum atomic E-state index is 0.387. The van der Waals surface area contributed by atoms with Crippen LogP contribution in [0, 0.1) is 0 Å². The average molecular weight is 297 g/mol. The van der Waals surface area contributed by atoms with Gasteiger partial charge in [-0.1, -0.05) is 18.2 Å². The van der Waals surface area contributed by atoms with Crippen molar-refractivity contribution in [3.8, 4) is 10.6 Å². The molecular formula is C17H19N3S. The zero-order valence-corrected chi connectivity index (χ0v) is 12.7. The molecule has 1 fully saturated rings. The number of benzene rings is 1. The highest BCUT2D eigenvalue weighted by Crippen LogP contribution is 2.35. The van der Waals surface area contributed by atoms with Gasteiger partial charge in [0.05, 0.1) is 16.8 Å². The predicted molar refractivity (Wildman–Crippen MR) is 88.6 cm³/mol. The lowest BCUT2D eigenvalue weighted by Gasteiger charge is -2.24. The van der Waals surface area contributed by atoms with Crippen molar-refractivity contribution >= 4 is 21.4 Å². The molecule has 0 spiro atoms. The van der Waals surface area contributed by atoms with Crippen LogP contribution in [0.1, 0.15) is 37.4 Å². The van der Waals surface area contributed by atoms with Gasteiger partial charge in [-0.15, -0.1) is 11.3 Å². The molecule has 3 nitrogen and oxygen atoms in total. The summed E-state index contributed by atoms with van der Waals surface area (Å²) in [6.45, 7) is 0. The van der Waals surface area contributed by atoms with Crippen molar-refractivity contribution < 1.29 is 0 Å². The van der Waals surface area contributed by atoms with Crippen molar-refractivity contribution in [1.29, 1.82) is 0 Å². The monoisotopic (exact) mass is 297 g/mol. The maximum atomic E-state index is 5.99. The number of rotatable bonds is 2. The molecule has 108 valence electrons. The fourth-order valence-electron chi connectivity index (χ4n) is 3.18. The van der Waals surface area contributed by atoms with E-state index in [9.17, 15) is 0 Å². The third kappa shape index (κ3) is 2.49. The first-order valence-electron chi connectivity index (χ1n) is 7.59. The summed E-state index contributed by atoms with van der Waals surface area (Å²) >= 11 is 1.82. The van der Waals surface area contributed by atoms with Crippen LogP contribution in [0.3, 0.4) is 0 Å². The third-order valence-corrected chi connectivity index (χ3v) is 5.59. The fraction of sp³-hybridized carbons (Fsp3) is 0.353. The number of hydrogen-bond acceptors (Lipinski definition) is 3. The number of H-pyrrole nitrogens is 1. The minimum Gasteiger partial charge on any atom is -0.341 e. The highest BCUT2D eigenvalue weighted by Gasteiger charge is 2.22. The van der Waals surface area contributed by atoms with E-state index in [0.29, 0.717) is 12.0 Å². The van der Waals surface area contributed by atoms with Gasteiger partial charge in [0.1, 0.15) is 5.82 Å². The molecule has 21 heavy (non-hydrogen) atoms. The van der Waals surface area contributed by atoms with Gasteiger partial charge >= 0.3 is 0 Å². The second-order valence-electron chi connectivity index (χ2n) is 5.94. The molecule has 1 aromatic carbocycles. The van der Waals surface area contributed by atoms with Crippen LogP contribution in [0.25, 0.3) is 20.7 Å². The lowest BCUT2D eigenvalue weighted by Crippen LogP contribution is -2.26. The molecule has 0 aliphatic heterocycles. The Hall–Kier alpha value is -1.65. The summed E-state index contributed by atoms with van der Waals surface area (Å²) in [6.07, 6.45) is 6.52. The molecule has 0 radical (unpaired) electrons. The number of fused-ring (bicyclic) bond motifs is 1. The van der Waals surface area contributed by atoms with Crippen molar-refractivity contribution in [1.82, 2.24) is 9.97 Å². The molecule has 2 aromatic heterocycles. The Balaban J connectivity index is 1.61. The summed E-state index contributed by atoms with van der Waals surface area (Å²) in [5, 5.41) is 1.30. The molecule has 0 amide bonds.